The van der Waals surface area contributed by atoms with Crippen LogP contribution in [0, 0.1) is 5.92 Å². The van der Waals surface area contributed by atoms with Crippen molar-refractivity contribution in [2.24, 2.45) is 5.92 Å². The molecule has 3 N–H and O–H groups in total. The predicted molar refractivity (Wildman–Crippen MR) is 132 cm³/mol. The van der Waals surface area contributed by atoms with Crippen LogP contribution in [0.2, 0.25) is 0 Å². The van der Waals surface area contributed by atoms with Gasteiger partial charge in [-0.1, -0.05) is 62.4 Å². The molecule has 186 valence electrons. The fourth-order valence-electron chi connectivity index (χ4n) is 5.02. The number of benzene rings is 2. The average molecular weight is 480 g/mol. The number of fused-ring (bicyclic) bond motifs is 2. The van der Waals surface area contributed by atoms with E-state index in [1.165, 1.54) is 0 Å². The number of alkyl carbamates (subject to hydrolysis) is 1. The molecule has 0 aromatic heterocycles. The fourth-order valence-corrected chi connectivity index (χ4v) is 5.02. The number of anilines is 1. The van der Waals surface area contributed by atoms with Crippen LogP contribution in [0.25, 0.3) is 0 Å². The summed E-state index contributed by atoms with van der Waals surface area (Å²) in [5.74, 6) is -0.143. The van der Waals surface area contributed by atoms with Gasteiger partial charge in [0.2, 0.25) is 11.8 Å². The van der Waals surface area contributed by atoms with Gasteiger partial charge >= 0.3 is 6.09 Å². The van der Waals surface area contributed by atoms with Crippen LogP contribution in [0.3, 0.4) is 0 Å². The standard InChI is InChI=1S/C27H33N3O5/c1-18(2)12-13-23(29-26(34)35-16-19-8-4-3-5-9-19)24(32)30-17-27(14-20(30)15-31)21-10-6-7-11-22(21)28-25(27)33/h3-11,18,20,23,31H,12-17H2,1-2H3,(H,28,33)(H,29,34)/t20-,23-,27-/m0/s1. The number of nitrogens with zero attached hydrogens (tertiary/aromatic N) is 1. The van der Waals surface area contributed by atoms with Crippen LogP contribution in [0.1, 0.15) is 44.2 Å². The summed E-state index contributed by atoms with van der Waals surface area (Å²) in [6.07, 6.45) is 0.811. The largest absolute Gasteiger partial charge is 0.445 e. The first-order valence-corrected chi connectivity index (χ1v) is 12.1. The molecule has 1 spiro atoms. The quantitative estimate of drug-likeness (QED) is 0.539. The van der Waals surface area contributed by atoms with Crippen molar-refractivity contribution in [3.8, 4) is 0 Å². The summed E-state index contributed by atoms with van der Waals surface area (Å²) in [6, 6.07) is 15.4. The van der Waals surface area contributed by atoms with E-state index in [1.807, 2.05) is 54.6 Å². The zero-order valence-corrected chi connectivity index (χ0v) is 20.2. The zero-order chi connectivity index (χ0) is 25.0. The van der Waals surface area contributed by atoms with E-state index >= 15 is 0 Å². The molecule has 2 heterocycles. The zero-order valence-electron chi connectivity index (χ0n) is 20.2. The minimum absolute atomic E-state index is 0.0980. The molecule has 0 radical (unpaired) electrons. The van der Waals surface area contributed by atoms with E-state index in [0.29, 0.717) is 18.8 Å². The Bertz CT molecular complexity index is 1070. The molecule has 2 aromatic carbocycles. The number of hydrogen-bond acceptors (Lipinski definition) is 5. The first-order valence-electron chi connectivity index (χ1n) is 12.1. The molecule has 35 heavy (non-hydrogen) atoms. The summed E-state index contributed by atoms with van der Waals surface area (Å²) < 4.78 is 5.35. The lowest BCUT2D eigenvalue weighted by molar-refractivity contribution is -0.135. The number of carbonyl (C=O) groups is 3. The third-order valence-electron chi connectivity index (χ3n) is 6.92. The smallest absolute Gasteiger partial charge is 0.408 e. The highest BCUT2D eigenvalue weighted by Crippen LogP contribution is 2.46. The van der Waals surface area contributed by atoms with Crippen molar-refractivity contribution in [1.82, 2.24) is 10.2 Å². The number of rotatable bonds is 8. The van der Waals surface area contributed by atoms with Gasteiger partial charge in [-0.25, -0.2) is 4.79 Å². The van der Waals surface area contributed by atoms with Gasteiger partial charge in [-0.3, -0.25) is 9.59 Å². The molecule has 3 atom stereocenters. The van der Waals surface area contributed by atoms with Crippen LogP contribution in [0.5, 0.6) is 0 Å². The highest BCUT2D eigenvalue weighted by atomic mass is 16.5. The minimum Gasteiger partial charge on any atom is -0.445 e. The van der Waals surface area contributed by atoms with Gasteiger partial charge in [0.15, 0.2) is 0 Å². The van der Waals surface area contributed by atoms with Gasteiger partial charge in [-0.05, 0) is 42.4 Å². The SMILES string of the molecule is CC(C)CC[C@H](NC(=O)OCc1ccccc1)C(=O)N1C[C@]2(C[C@H]1CO)C(=O)Nc1ccccc12. The second-order valence-electron chi connectivity index (χ2n) is 9.82. The molecular weight excluding hydrogens is 446 g/mol. The van der Waals surface area contributed by atoms with Crippen LogP contribution in [-0.2, 0) is 26.3 Å². The van der Waals surface area contributed by atoms with E-state index in [1.54, 1.807) is 4.90 Å². The molecule has 1 saturated heterocycles. The van der Waals surface area contributed by atoms with Crippen molar-refractivity contribution >= 4 is 23.6 Å². The van der Waals surface area contributed by atoms with E-state index in [0.717, 1.165) is 23.2 Å². The number of hydrogen-bond donors (Lipinski definition) is 3. The Hall–Kier alpha value is -3.39. The molecule has 0 unspecified atom stereocenters. The third-order valence-corrected chi connectivity index (χ3v) is 6.92. The maximum absolute atomic E-state index is 13.7. The van der Waals surface area contributed by atoms with E-state index in [2.05, 4.69) is 24.5 Å². The van der Waals surface area contributed by atoms with Gasteiger partial charge in [0, 0.05) is 12.2 Å². The lowest BCUT2D eigenvalue weighted by Gasteiger charge is -2.29. The highest BCUT2D eigenvalue weighted by molar-refractivity contribution is 6.07. The number of carbonyl (C=O) groups excluding carboxylic acids is 3. The maximum atomic E-state index is 13.7. The van der Waals surface area contributed by atoms with Gasteiger partial charge in [-0.15, -0.1) is 0 Å². The van der Waals surface area contributed by atoms with E-state index in [-0.39, 0.29) is 31.6 Å². The van der Waals surface area contributed by atoms with Gasteiger partial charge in [0.05, 0.1) is 18.1 Å². The van der Waals surface area contributed by atoms with Crippen molar-refractivity contribution in [1.29, 1.82) is 0 Å². The summed E-state index contributed by atoms with van der Waals surface area (Å²) in [5, 5.41) is 15.8. The summed E-state index contributed by atoms with van der Waals surface area (Å²) in [6.45, 7) is 4.09. The topological polar surface area (TPSA) is 108 Å². The molecule has 3 amide bonds. The molecule has 8 heteroatoms. The van der Waals surface area contributed by atoms with Crippen LogP contribution in [0.15, 0.2) is 54.6 Å². The van der Waals surface area contributed by atoms with Crippen molar-refractivity contribution in [2.45, 2.75) is 57.2 Å². The Labute approximate surface area is 205 Å². The second-order valence-corrected chi connectivity index (χ2v) is 9.82. The van der Waals surface area contributed by atoms with Gasteiger partial charge in [-0.2, -0.15) is 0 Å². The summed E-state index contributed by atoms with van der Waals surface area (Å²) in [5.41, 5.74) is 1.52. The van der Waals surface area contributed by atoms with Gasteiger partial charge in [0.1, 0.15) is 12.6 Å². The molecule has 8 nitrogen and oxygen atoms in total. The fraction of sp³-hybridized carbons (Fsp3) is 0.444. The Kier molecular flexibility index (Phi) is 7.40. The molecule has 0 bridgehead atoms. The van der Waals surface area contributed by atoms with E-state index < -0.39 is 23.6 Å². The van der Waals surface area contributed by atoms with Crippen LogP contribution in [0.4, 0.5) is 10.5 Å². The number of likely N-dealkylation sites (tertiary alicyclic amines) is 1. The molecule has 4 rings (SSSR count). The molecule has 2 aromatic rings. The molecule has 2 aliphatic rings. The maximum Gasteiger partial charge on any atom is 0.408 e. The predicted octanol–water partition coefficient (Wildman–Crippen LogP) is 3.20. The van der Waals surface area contributed by atoms with Crippen molar-refractivity contribution in [2.75, 3.05) is 18.5 Å². The first-order chi connectivity index (χ1) is 16.8. The molecule has 0 aliphatic carbocycles. The Morgan fingerprint density at radius 1 is 1.14 bits per heavy atom. The number of ether oxygens (including phenoxy) is 1. The minimum atomic E-state index is -0.907. The summed E-state index contributed by atoms with van der Waals surface area (Å²) in [4.78, 5) is 40.9. The Morgan fingerprint density at radius 3 is 2.57 bits per heavy atom. The van der Waals surface area contributed by atoms with Crippen molar-refractivity contribution in [3.63, 3.8) is 0 Å². The molecule has 1 fully saturated rings. The number of amides is 3. The lowest BCUT2D eigenvalue weighted by atomic mass is 9.79. The molecule has 2 aliphatic heterocycles. The summed E-state index contributed by atoms with van der Waals surface area (Å²) in [7, 11) is 0. The monoisotopic (exact) mass is 479 g/mol. The summed E-state index contributed by atoms with van der Waals surface area (Å²) >= 11 is 0. The van der Waals surface area contributed by atoms with Crippen molar-refractivity contribution < 1.29 is 24.2 Å². The second kappa shape index (κ2) is 10.5. The number of para-hydroxylation sites is 1. The van der Waals surface area contributed by atoms with E-state index in [9.17, 15) is 19.5 Å². The van der Waals surface area contributed by atoms with Crippen LogP contribution < -0.4 is 10.6 Å². The molecule has 0 saturated carbocycles. The Morgan fingerprint density at radius 2 is 1.86 bits per heavy atom. The first kappa shape index (κ1) is 24.7. The van der Waals surface area contributed by atoms with E-state index in [4.69, 9.17) is 4.74 Å². The van der Waals surface area contributed by atoms with Crippen LogP contribution in [-0.4, -0.2) is 53.1 Å². The lowest BCUT2D eigenvalue weighted by Crippen LogP contribution is -2.51. The number of aliphatic hydroxyl groups excluding tert-OH is 1. The normalized spacial score (nSPS) is 21.7. The average Bonchev–Trinajstić information content (AvgIpc) is 3.38. The van der Waals surface area contributed by atoms with Gasteiger partial charge in [0.25, 0.3) is 0 Å². The third kappa shape index (κ3) is 5.17. The molecular formula is C27H33N3O5. The number of nitrogens with one attached hydrogen (secondary N) is 2. The van der Waals surface area contributed by atoms with Crippen LogP contribution >= 0.6 is 0 Å². The number of aliphatic hydroxyl groups is 1. The van der Waals surface area contributed by atoms with Crippen molar-refractivity contribution in [3.05, 3.63) is 65.7 Å². The highest BCUT2D eigenvalue weighted by Gasteiger charge is 2.56. The Balaban J connectivity index is 1.50. The van der Waals surface area contributed by atoms with Gasteiger partial charge < -0.3 is 25.4 Å².